The van der Waals surface area contributed by atoms with E-state index in [1.807, 2.05) is 30.4 Å². The van der Waals surface area contributed by atoms with E-state index >= 15 is 0 Å². The molecule has 0 saturated carbocycles. The number of phosphoric acid groups is 2. The molecule has 0 aromatic carbocycles. The highest BCUT2D eigenvalue weighted by Crippen LogP contribution is 2.44. The molecule has 0 bridgehead atoms. The molecule has 6 atom stereocenters. The summed E-state index contributed by atoms with van der Waals surface area (Å²) >= 11 is 1.15. The van der Waals surface area contributed by atoms with E-state index in [-0.39, 0.29) is 31.4 Å². The number of thioether (sulfide) groups is 1. The van der Waals surface area contributed by atoms with Gasteiger partial charge in [0.15, 0.2) is 6.10 Å². The Kier molecular flexibility index (Phi) is 40.1. The Morgan fingerprint density at radius 1 is 0.642 bits per heavy atom. The maximum atomic E-state index is 13.0. The van der Waals surface area contributed by atoms with Gasteiger partial charge in [-0.25, -0.2) is 9.13 Å². The molecule has 17 nitrogen and oxygen atoms in total. The first-order valence-corrected chi connectivity index (χ1v) is 27.3. The lowest BCUT2D eigenvalue weighted by Gasteiger charge is -2.22. The van der Waals surface area contributed by atoms with Gasteiger partial charge < -0.3 is 45.2 Å². The number of carbonyl (C=O) groups is 3. The van der Waals surface area contributed by atoms with Gasteiger partial charge in [0.25, 0.3) is 0 Å². The number of allylic oxidation sites excluding steroid dienone is 13. The fraction of sp³-hybridized carbons (Fsp3) is 0.638. The second kappa shape index (κ2) is 42.0. The van der Waals surface area contributed by atoms with Crippen molar-refractivity contribution in [1.29, 1.82) is 0 Å². The summed E-state index contributed by atoms with van der Waals surface area (Å²) in [6.45, 7) is 1.07. The van der Waals surface area contributed by atoms with Crippen LogP contribution in [0.4, 0.5) is 0 Å². The second-order valence-electron chi connectivity index (χ2n) is 15.5. The Labute approximate surface area is 402 Å². The zero-order valence-corrected chi connectivity index (χ0v) is 42.0. The summed E-state index contributed by atoms with van der Waals surface area (Å²) < 4.78 is 47.9. The summed E-state index contributed by atoms with van der Waals surface area (Å²) in [5.74, 6) is -2.65. The van der Waals surface area contributed by atoms with Crippen molar-refractivity contribution in [2.24, 2.45) is 5.73 Å². The lowest BCUT2D eigenvalue weighted by molar-refractivity contribution is -0.161. The molecular weight excluding hydrogens is 929 g/mol. The number of aliphatic hydroxyl groups excluding tert-OH is 2. The van der Waals surface area contributed by atoms with Crippen LogP contribution in [0.5, 0.6) is 0 Å². The van der Waals surface area contributed by atoms with Crippen molar-refractivity contribution in [3.05, 3.63) is 85.1 Å². The fourth-order valence-corrected chi connectivity index (χ4v) is 7.84. The molecule has 0 saturated heterocycles. The number of phosphoric ester groups is 2. The Morgan fingerprint density at radius 2 is 1.18 bits per heavy atom. The zero-order valence-electron chi connectivity index (χ0n) is 39.4. The van der Waals surface area contributed by atoms with Crippen molar-refractivity contribution in [3.63, 3.8) is 0 Å². The van der Waals surface area contributed by atoms with Crippen LogP contribution in [-0.2, 0) is 46.6 Å². The minimum Gasteiger partial charge on any atom is -0.481 e. The first-order valence-electron chi connectivity index (χ1n) is 23.2. The van der Waals surface area contributed by atoms with E-state index in [0.717, 1.165) is 50.3 Å². The number of rotatable bonds is 43. The Bertz CT molecular complexity index is 1630. The zero-order chi connectivity index (χ0) is 50.0. The van der Waals surface area contributed by atoms with Gasteiger partial charge in [0.05, 0.1) is 25.9 Å². The maximum absolute atomic E-state index is 13.0. The highest BCUT2D eigenvalue weighted by molar-refractivity contribution is 8.00. The van der Waals surface area contributed by atoms with Crippen molar-refractivity contribution >= 4 is 45.3 Å². The number of esters is 2. The molecule has 0 fully saturated rings. The van der Waals surface area contributed by atoms with E-state index in [1.54, 1.807) is 18.2 Å². The molecule has 0 aliphatic heterocycles. The van der Waals surface area contributed by atoms with Crippen molar-refractivity contribution in [3.8, 4) is 0 Å². The van der Waals surface area contributed by atoms with Crippen LogP contribution in [0, 0.1) is 0 Å². The van der Waals surface area contributed by atoms with Gasteiger partial charge in [-0.1, -0.05) is 125 Å². The van der Waals surface area contributed by atoms with Gasteiger partial charge in [0, 0.05) is 23.8 Å². The van der Waals surface area contributed by atoms with Gasteiger partial charge in [0.2, 0.25) is 0 Å². The second-order valence-corrected chi connectivity index (χ2v) is 19.4. The number of hydrogen-bond donors (Lipinski definition) is 7. The van der Waals surface area contributed by atoms with Crippen LogP contribution in [0.1, 0.15) is 129 Å². The quantitative estimate of drug-likeness (QED) is 0.00987. The number of carboxylic acid groups (broad SMARTS) is 1. The van der Waals surface area contributed by atoms with E-state index in [0.29, 0.717) is 12.8 Å². The molecule has 0 aromatic heterocycles. The molecule has 0 aromatic rings. The molecule has 20 heteroatoms. The van der Waals surface area contributed by atoms with Crippen LogP contribution in [0.25, 0.3) is 0 Å². The van der Waals surface area contributed by atoms with Crippen molar-refractivity contribution in [1.82, 2.24) is 0 Å². The molecule has 0 amide bonds. The van der Waals surface area contributed by atoms with Crippen LogP contribution >= 0.6 is 27.4 Å². The van der Waals surface area contributed by atoms with Crippen LogP contribution in [0.2, 0.25) is 0 Å². The van der Waals surface area contributed by atoms with Gasteiger partial charge in [0.1, 0.15) is 18.8 Å². The molecule has 0 radical (unpaired) electrons. The van der Waals surface area contributed by atoms with Crippen molar-refractivity contribution in [2.45, 2.75) is 159 Å². The molecule has 1 unspecified atom stereocenters. The van der Waals surface area contributed by atoms with Crippen LogP contribution in [0.15, 0.2) is 85.1 Å². The number of nitrogens with two attached hydrogens (primary N) is 1. The summed E-state index contributed by atoms with van der Waals surface area (Å²) in [6.07, 6.45) is 37.8. The smallest absolute Gasteiger partial charge is 0.472 e. The summed E-state index contributed by atoms with van der Waals surface area (Å²) in [6, 6.07) is -1.23. The maximum Gasteiger partial charge on any atom is 0.472 e. The molecular formula is C47H79NO16P2S. The lowest BCUT2D eigenvalue weighted by Crippen LogP contribution is -2.38. The average molecular weight is 1010 g/mol. The van der Waals surface area contributed by atoms with E-state index in [4.69, 9.17) is 34.6 Å². The third-order valence-corrected chi connectivity index (χ3v) is 12.1. The average Bonchev–Trinajstić information content (AvgIpc) is 3.27. The fourth-order valence-electron chi connectivity index (χ4n) is 5.56. The minimum absolute atomic E-state index is 0.0241. The third kappa shape index (κ3) is 42.8. The summed E-state index contributed by atoms with van der Waals surface area (Å²) in [4.78, 5) is 64.6. The molecule has 0 aliphatic rings. The topological polar surface area (TPSA) is 279 Å². The highest BCUT2D eigenvalue weighted by atomic mass is 32.2. The summed E-state index contributed by atoms with van der Waals surface area (Å²) in [5.41, 5.74) is 6.15. The van der Waals surface area contributed by atoms with Gasteiger partial charge in [-0.05, 0) is 77.0 Å². The van der Waals surface area contributed by atoms with Crippen molar-refractivity contribution in [2.75, 3.05) is 32.2 Å². The van der Waals surface area contributed by atoms with Crippen LogP contribution in [0.3, 0.4) is 0 Å². The van der Waals surface area contributed by atoms with Gasteiger partial charge in [-0.3, -0.25) is 28.0 Å². The molecule has 67 heavy (non-hydrogen) atoms. The predicted octanol–water partition coefficient (Wildman–Crippen LogP) is 8.87. The van der Waals surface area contributed by atoms with Gasteiger partial charge >= 0.3 is 33.6 Å². The Hall–Kier alpha value is -2.96. The Balaban J connectivity index is 5.44. The molecule has 0 heterocycles. The van der Waals surface area contributed by atoms with Gasteiger partial charge in [-0.15, -0.1) is 11.8 Å². The first kappa shape index (κ1) is 64.0. The first-order chi connectivity index (χ1) is 32.0. The number of aliphatic carboxylic acids is 1. The molecule has 8 N–H and O–H groups in total. The molecule has 0 spiro atoms. The highest BCUT2D eigenvalue weighted by Gasteiger charge is 2.29. The monoisotopic (exact) mass is 1010 g/mol. The normalized spacial score (nSPS) is 15.9. The van der Waals surface area contributed by atoms with Crippen LogP contribution < -0.4 is 5.73 Å². The number of unbranched alkanes of at least 4 members (excludes halogenated alkanes) is 8. The number of carbonyl (C=O) groups excluding carboxylic acids is 2. The number of carboxylic acids is 1. The van der Waals surface area contributed by atoms with Gasteiger partial charge in [-0.2, -0.15) is 0 Å². The van der Waals surface area contributed by atoms with E-state index < -0.39 is 89.6 Å². The predicted molar refractivity (Wildman–Crippen MR) is 263 cm³/mol. The van der Waals surface area contributed by atoms with E-state index in [9.17, 15) is 38.6 Å². The molecule has 0 aliphatic carbocycles. The molecule has 384 valence electrons. The largest absolute Gasteiger partial charge is 0.481 e. The lowest BCUT2D eigenvalue weighted by atomic mass is 10.1. The number of hydrogen-bond acceptors (Lipinski definition) is 14. The number of ether oxygens (including phenoxy) is 2. The van der Waals surface area contributed by atoms with Crippen molar-refractivity contribution < 1.29 is 76.6 Å². The Morgan fingerprint density at radius 3 is 1.76 bits per heavy atom. The third-order valence-electron chi connectivity index (χ3n) is 9.24. The van der Waals surface area contributed by atoms with E-state index in [2.05, 4.69) is 59.4 Å². The number of aliphatic hydroxyl groups is 2. The molecule has 0 rings (SSSR count). The minimum atomic E-state index is -4.96. The van der Waals surface area contributed by atoms with Crippen LogP contribution in [-0.4, -0.2) is 110 Å². The SMILES string of the molecule is CCCCC/C=C\C\C=C/C=C/C=C/[C@@H](SC[C@H](N)C(=O)OC[C@H](COP(=O)(O)OC[C@@H](O)COP(=O)(O)O)OC(=O)CCCC/C=C\C/C=C\C/C=C\CCCCC)[C@@H](O)CCCC(=O)O. The standard InChI is InChI=1S/C47H79NO16P2S/c1-3-5-7-9-11-13-15-17-18-19-21-23-25-27-29-34-46(53)64-41(38-63-66(58,59)62-36-40(49)35-61-65(55,56)57)37-60-47(54)42(48)39-67-44(43(50)31-30-33-45(51)52)32-28-26-24-22-20-16-14-12-10-8-6-4-2/h11-14,17-18,20-24,26,28,32,40-44,49-50H,3-10,15-16,19,25,27,29-31,33-39,48H2,1-2H3,(H,51,52)(H,58,59)(H2,55,56,57)/b13-11-,14-12-,18-17-,22-20-,23-21-,26-24+,32-28+/t40-,41+,42-,43-,44+/m0/s1. The summed E-state index contributed by atoms with van der Waals surface area (Å²) in [5, 5.41) is 29.2. The van der Waals surface area contributed by atoms with E-state index in [1.165, 1.54) is 38.5 Å². The summed E-state index contributed by atoms with van der Waals surface area (Å²) in [7, 11) is -9.89.